The zero-order chi connectivity index (χ0) is 20.2. The molecule has 2 unspecified atom stereocenters. The molecule has 0 bridgehead atoms. The van der Waals surface area contributed by atoms with Gasteiger partial charge in [-0.2, -0.15) is 5.10 Å². The van der Waals surface area contributed by atoms with E-state index in [2.05, 4.69) is 58.5 Å². The average Bonchev–Trinajstić information content (AvgIpc) is 3.38. The van der Waals surface area contributed by atoms with Crippen molar-refractivity contribution in [2.75, 3.05) is 13.1 Å². The van der Waals surface area contributed by atoms with Gasteiger partial charge in [-0.05, 0) is 42.5 Å². The van der Waals surface area contributed by atoms with Crippen LogP contribution in [0.4, 0.5) is 0 Å². The third-order valence-electron chi connectivity index (χ3n) is 4.97. The topological polar surface area (TPSA) is 70.2 Å². The van der Waals surface area contributed by atoms with E-state index in [9.17, 15) is 4.79 Å². The predicted octanol–water partition coefficient (Wildman–Crippen LogP) is 3.68. The van der Waals surface area contributed by atoms with Crippen molar-refractivity contribution in [2.45, 2.75) is 39.1 Å². The Morgan fingerprint density at radius 2 is 1.93 bits per heavy atom. The summed E-state index contributed by atoms with van der Waals surface area (Å²) in [6, 6.07) is 14.2. The highest BCUT2D eigenvalue weighted by Gasteiger charge is 2.22. The van der Waals surface area contributed by atoms with Crippen LogP contribution in [-0.2, 0) is 17.8 Å². The van der Waals surface area contributed by atoms with Crippen LogP contribution in [-0.4, -0.2) is 46.3 Å². The summed E-state index contributed by atoms with van der Waals surface area (Å²) in [6.45, 7) is 7.56. The number of carbonyl (C=O) groups excluding carboxylic acids is 1. The molecule has 3 aromatic rings. The van der Waals surface area contributed by atoms with E-state index < -0.39 is 0 Å². The van der Waals surface area contributed by atoms with Crippen molar-refractivity contribution in [2.24, 2.45) is 0 Å². The molecule has 0 radical (unpaired) electrons. The van der Waals surface area contributed by atoms with Gasteiger partial charge in [-0.1, -0.05) is 30.3 Å². The van der Waals surface area contributed by atoms with Crippen LogP contribution < -0.4 is 5.32 Å². The van der Waals surface area contributed by atoms with Crippen molar-refractivity contribution in [1.82, 2.24) is 20.4 Å². The van der Waals surface area contributed by atoms with Gasteiger partial charge in [0.25, 0.3) is 5.91 Å². The average molecular weight is 411 g/mol. The van der Waals surface area contributed by atoms with Gasteiger partial charge in [-0.25, -0.2) is 0 Å². The normalized spacial score (nSPS) is 19.9. The lowest BCUT2D eigenvalue weighted by atomic mass is 10.1. The summed E-state index contributed by atoms with van der Waals surface area (Å²) in [5, 5.41) is 12.0. The summed E-state index contributed by atoms with van der Waals surface area (Å²) in [7, 11) is 0. The first-order valence-electron chi connectivity index (χ1n) is 9.90. The minimum Gasteiger partial charge on any atom is -0.373 e. The molecule has 29 heavy (non-hydrogen) atoms. The summed E-state index contributed by atoms with van der Waals surface area (Å²) >= 11 is 1.61. The van der Waals surface area contributed by atoms with E-state index in [0.717, 1.165) is 35.8 Å². The van der Waals surface area contributed by atoms with Crippen molar-refractivity contribution in [3.05, 3.63) is 64.7 Å². The maximum Gasteiger partial charge on any atom is 0.272 e. The molecule has 4 rings (SSSR count). The molecule has 0 spiro atoms. The second-order valence-corrected chi connectivity index (χ2v) is 8.54. The summed E-state index contributed by atoms with van der Waals surface area (Å²) < 4.78 is 5.80. The van der Waals surface area contributed by atoms with Gasteiger partial charge in [0, 0.05) is 26.2 Å². The number of hydrogen-bond acceptors (Lipinski definition) is 5. The van der Waals surface area contributed by atoms with Crippen molar-refractivity contribution in [3.63, 3.8) is 0 Å². The number of hydrogen-bond donors (Lipinski definition) is 2. The molecule has 3 heterocycles. The number of nitrogens with zero attached hydrogens (tertiary/aromatic N) is 2. The first-order valence-corrected chi connectivity index (χ1v) is 10.8. The van der Waals surface area contributed by atoms with Gasteiger partial charge < -0.3 is 10.1 Å². The van der Waals surface area contributed by atoms with E-state index >= 15 is 0 Å². The number of aromatic amines is 1. The molecule has 1 saturated heterocycles. The maximum atomic E-state index is 12.4. The first kappa shape index (κ1) is 19.8. The predicted molar refractivity (Wildman–Crippen MR) is 115 cm³/mol. The van der Waals surface area contributed by atoms with E-state index in [-0.39, 0.29) is 18.1 Å². The van der Waals surface area contributed by atoms with Crippen LogP contribution in [0.2, 0.25) is 0 Å². The third-order valence-corrected chi connectivity index (χ3v) is 5.88. The number of carbonyl (C=O) groups is 1. The maximum absolute atomic E-state index is 12.4. The van der Waals surface area contributed by atoms with Gasteiger partial charge >= 0.3 is 0 Å². The van der Waals surface area contributed by atoms with E-state index in [4.69, 9.17) is 4.74 Å². The SMILES string of the molecule is CC1CN(Cc2ccc(CNC(=O)c3cc(-c4cccs4)[nH]n3)cc2)CC(C)O1. The summed E-state index contributed by atoms with van der Waals surface area (Å²) in [5.74, 6) is -0.176. The molecule has 1 aliphatic heterocycles. The highest BCUT2D eigenvalue weighted by atomic mass is 32.1. The Bertz CT molecular complexity index is 926. The lowest BCUT2D eigenvalue weighted by Crippen LogP contribution is -2.44. The molecule has 0 aliphatic carbocycles. The number of rotatable bonds is 6. The van der Waals surface area contributed by atoms with Crippen LogP contribution in [0.25, 0.3) is 10.6 Å². The minimum atomic E-state index is -0.176. The number of amides is 1. The number of H-pyrrole nitrogens is 1. The van der Waals surface area contributed by atoms with E-state index in [1.54, 1.807) is 17.4 Å². The molecule has 0 saturated carbocycles. The smallest absolute Gasteiger partial charge is 0.272 e. The molecule has 2 atom stereocenters. The van der Waals surface area contributed by atoms with Gasteiger partial charge in [0.15, 0.2) is 5.69 Å². The lowest BCUT2D eigenvalue weighted by molar-refractivity contribution is -0.0704. The van der Waals surface area contributed by atoms with Crippen LogP contribution in [0.1, 0.15) is 35.5 Å². The Morgan fingerprint density at radius 1 is 1.21 bits per heavy atom. The minimum absolute atomic E-state index is 0.176. The highest BCUT2D eigenvalue weighted by Crippen LogP contribution is 2.23. The Balaban J connectivity index is 1.29. The van der Waals surface area contributed by atoms with E-state index in [1.165, 1.54) is 5.56 Å². The van der Waals surface area contributed by atoms with Crippen molar-refractivity contribution in [3.8, 4) is 10.6 Å². The molecule has 2 N–H and O–H groups in total. The second-order valence-electron chi connectivity index (χ2n) is 7.59. The number of nitrogens with one attached hydrogen (secondary N) is 2. The molecule has 6 nitrogen and oxygen atoms in total. The molecule has 7 heteroatoms. The number of thiophene rings is 1. The van der Waals surface area contributed by atoms with Gasteiger partial charge in [0.1, 0.15) is 0 Å². The fourth-order valence-electron chi connectivity index (χ4n) is 3.70. The summed E-state index contributed by atoms with van der Waals surface area (Å²) in [4.78, 5) is 15.9. The first-order chi connectivity index (χ1) is 14.1. The third kappa shape index (κ3) is 5.12. The van der Waals surface area contributed by atoms with Gasteiger partial charge in [-0.15, -0.1) is 11.3 Å². The zero-order valence-electron chi connectivity index (χ0n) is 16.7. The fourth-order valence-corrected chi connectivity index (χ4v) is 4.40. The Morgan fingerprint density at radius 3 is 2.62 bits per heavy atom. The summed E-state index contributed by atoms with van der Waals surface area (Å²) in [5.41, 5.74) is 3.61. The fraction of sp³-hybridized carbons (Fsp3) is 0.364. The van der Waals surface area contributed by atoms with Crippen molar-refractivity contribution >= 4 is 17.2 Å². The monoisotopic (exact) mass is 410 g/mol. The van der Waals surface area contributed by atoms with E-state index in [0.29, 0.717) is 12.2 Å². The Labute approximate surface area is 174 Å². The van der Waals surface area contributed by atoms with Crippen molar-refractivity contribution in [1.29, 1.82) is 0 Å². The van der Waals surface area contributed by atoms with Crippen LogP contribution in [0, 0.1) is 0 Å². The van der Waals surface area contributed by atoms with Crippen LogP contribution >= 0.6 is 11.3 Å². The Kier molecular flexibility index (Phi) is 6.08. The molecule has 1 aliphatic rings. The van der Waals surface area contributed by atoms with Gasteiger partial charge in [0.2, 0.25) is 0 Å². The standard InChI is InChI=1S/C22H26N4O2S/c1-15-12-26(13-16(2)28-15)14-18-7-5-17(6-8-18)11-23-22(27)20-10-19(24-25-20)21-4-3-9-29-21/h3-10,15-16H,11-14H2,1-2H3,(H,23,27)(H,24,25). The van der Waals surface area contributed by atoms with E-state index in [1.807, 2.05) is 17.5 Å². The van der Waals surface area contributed by atoms with Crippen LogP contribution in [0.15, 0.2) is 47.8 Å². The highest BCUT2D eigenvalue weighted by molar-refractivity contribution is 7.13. The second kappa shape index (κ2) is 8.90. The number of ether oxygens (including phenoxy) is 1. The largest absolute Gasteiger partial charge is 0.373 e. The van der Waals surface area contributed by atoms with Crippen LogP contribution in [0.5, 0.6) is 0 Å². The molecular weight excluding hydrogens is 384 g/mol. The number of morpholine rings is 1. The lowest BCUT2D eigenvalue weighted by Gasteiger charge is -2.35. The van der Waals surface area contributed by atoms with Crippen molar-refractivity contribution < 1.29 is 9.53 Å². The quantitative estimate of drug-likeness (QED) is 0.650. The molecule has 1 fully saturated rings. The molecular formula is C22H26N4O2S. The zero-order valence-corrected chi connectivity index (χ0v) is 17.5. The van der Waals surface area contributed by atoms with Gasteiger partial charge in [-0.3, -0.25) is 14.8 Å². The Hall–Kier alpha value is -2.48. The van der Waals surface area contributed by atoms with Gasteiger partial charge in [0.05, 0.1) is 22.8 Å². The number of aromatic nitrogens is 2. The summed E-state index contributed by atoms with van der Waals surface area (Å²) in [6.07, 6.45) is 0.547. The molecule has 1 amide bonds. The van der Waals surface area contributed by atoms with Crippen LogP contribution in [0.3, 0.4) is 0 Å². The molecule has 2 aromatic heterocycles. The molecule has 1 aromatic carbocycles. The number of benzene rings is 1. The molecule has 152 valence electrons.